The van der Waals surface area contributed by atoms with E-state index in [1.165, 1.54) is 22.6 Å². The van der Waals surface area contributed by atoms with Crippen LogP contribution in [-0.2, 0) is 0 Å². The molecule has 1 aliphatic carbocycles. The molecule has 23 heavy (non-hydrogen) atoms. The summed E-state index contributed by atoms with van der Waals surface area (Å²) in [5.74, 6) is 0.699. The SMILES string of the molecule is CC.CC1(F)CCC(CC[C@@H]2c3sccc3-c3cncn32)CC1. The van der Waals surface area contributed by atoms with Crippen LogP contribution in [0.3, 0.4) is 0 Å². The molecule has 0 radical (unpaired) electrons. The first-order chi connectivity index (χ1) is 11.1. The quantitative estimate of drug-likeness (QED) is 0.649. The van der Waals surface area contributed by atoms with E-state index in [4.69, 9.17) is 0 Å². The van der Waals surface area contributed by atoms with Gasteiger partial charge in [0.1, 0.15) is 5.67 Å². The predicted octanol–water partition coefficient (Wildman–Crippen LogP) is 6.24. The van der Waals surface area contributed by atoms with Crippen molar-refractivity contribution in [3.63, 3.8) is 0 Å². The summed E-state index contributed by atoms with van der Waals surface area (Å²) < 4.78 is 16.2. The summed E-state index contributed by atoms with van der Waals surface area (Å²) in [5.41, 5.74) is 1.71. The van der Waals surface area contributed by atoms with Crippen LogP contribution < -0.4 is 0 Å². The summed E-state index contributed by atoms with van der Waals surface area (Å²) in [5, 5.41) is 2.18. The fourth-order valence-electron chi connectivity index (χ4n) is 3.91. The summed E-state index contributed by atoms with van der Waals surface area (Å²) in [6.07, 6.45) is 9.88. The maximum absolute atomic E-state index is 13.9. The Bertz CT molecular complexity index is 593. The van der Waals surface area contributed by atoms with Gasteiger partial charge in [-0.1, -0.05) is 13.8 Å². The lowest BCUT2D eigenvalue weighted by molar-refractivity contribution is 0.0993. The van der Waals surface area contributed by atoms with Crippen LogP contribution in [0.25, 0.3) is 11.3 Å². The molecule has 1 saturated carbocycles. The molecule has 0 saturated heterocycles. The van der Waals surface area contributed by atoms with Gasteiger partial charge in [0.15, 0.2) is 0 Å². The van der Waals surface area contributed by atoms with Crippen LogP contribution in [0.2, 0.25) is 0 Å². The van der Waals surface area contributed by atoms with Gasteiger partial charge in [-0.3, -0.25) is 0 Å². The van der Waals surface area contributed by atoms with Crippen molar-refractivity contribution in [3.05, 3.63) is 28.8 Å². The molecule has 126 valence electrons. The van der Waals surface area contributed by atoms with Crippen LogP contribution in [0.5, 0.6) is 0 Å². The van der Waals surface area contributed by atoms with Crippen molar-refractivity contribution < 1.29 is 4.39 Å². The van der Waals surface area contributed by atoms with Gasteiger partial charge in [-0.05, 0) is 62.8 Å². The van der Waals surface area contributed by atoms with E-state index in [1.54, 1.807) is 6.92 Å². The average Bonchev–Trinajstić information content (AvgIpc) is 3.23. The fraction of sp³-hybridized carbons (Fsp3) is 0.632. The number of hydrogen-bond donors (Lipinski definition) is 0. The van der Waals surface area contributed by atoms with Gasteiger partial charge in [0.05, 0.1) is 24.3 Å². The predicted molar refractivity (Wildman–Crippen MR) is 95.7 cm³/mol. The molecule has 0 aromatic carbocycles. The lowest BCUT2D eigenvalue weighted by Crippen LogP contribution is -2.26. The first kappa shape index (κ1) is 16.7. The third kappa shape index (κ3) is 3.23. The molecule has 0 unspecified atom stereocenters. The first-order valence-electron chi connectivity index (χ1n) is 8.92. The van der Waals surface area contributed by atoms with Crippen LogP contribution in [0.1, 0.15) is 70.2 Å². The maximum Gasteiger partial charge on any atom is 0.108 e. The molecule has 0 spiro atoms. The van der Waals surface area contributed by atoms with Gasteiger partial charge in [0.2, 0.25) is 0 Å². The molecule has 2 nitrogen and oxygen atoms in total. The Labute approximate surface area is 142 Å². The number of fused-ring (bicyclic) bond motifs is 3. The Morgan fingerprint density at radius 2 is 2.04 bits per heavy atom. The highest BCUT2D eigenvalue weighted by molar-refractivity contribution is 7.10. The third-order valence-corrected chi connectivity index (χ3v) is 6.29. The van der Waals surface area contributed by atoms with Gasteiger partial charge in [0.25, 0.3) is 0 Å². The van der Waals surface area contributed by atoms with Gasteiger partial charge in [-0.2, -0.15) is 0 Å². The summed E-state index contributed by atoms with van der Waals surface area (Å²) >= 11 is 1.86. The van der Waals surface area contributed by atoms with E-state index in [9.17, 15) is 4.39 Å². The molecule has 1 atom stereocenters. The van der Waals surface area contributed by atoms with Crippen LogP contribution in [-0.4, -0.2) is 15.2 Å². The molecule has 2 aromatic heterocycles. The normalized spacial score (nSPS) is 28.7. The molecule has 1 aliphatic heterocycles. The fourth-order valence-corrected chi connectivity index (χ4v) is 4.95. The number of hydrogen-bond acceptors (Lipinski definition) is 2. The van der Waals surface area contributed by atoms with Gasteiger partial charge in [0, 0.05) is 10.4 Å². The number of alkyl halides is 1. The Kier molecular flexibility index (Phi) is 4.90. The van der Waals surface area contributed by atoms with Crippen molar-refractivity contribution in [2.75, 3.05) is 0 Å². The number of rotatable bonds is 3. The Balaban J connectivity index is 0.000000753. The maximum atomic E-state index is 13.9. The smallest absolute Gasteiger partial charge is 0.108 e. The van der Waals surface area contributed by atoms with Crippen molar-refractivity contribution in [2.24, 2.45) is 5.92 Å². The van der Waals surface area contributed by atoms with Crippen LogP contribution >= 0.6 is 11.3 Å². The van der Waals surface area contributed by atoms with Crippen LogP contribution in [0.4, 0.5) is 4.39 Å². The van der Waals surface area contributed by atoms with E-state index in [1.807, 2.05) is 37.7 Å². The molecule has 0 N–H and O–H groups in total. The van der Waals surface area contributed by atoms with E-state index >= 15 is 0 Å². The minimum Gasteiger partial charge on any atom is -0.322 e. The average molecular weight is 335 g/mol. The Hall–Kier alpha value is -1.16. The molecule has 4 heteroatoms. The molecule has 1 fully saturated rings. The van der Waals surface area contributed by atoms with E-state index in [0.29, 0.717) is 12.0 Å². The Morgan fingerprint density at radius 3 is 2.78 bits per heavy atom. The molecule has 3 heterocycles. The van der Waals surface area contributed by atoms with E-state index < -0.39 is 5.67 Å². The number of halogens is 1. The molecule has 0 amide bonds. The monoisotopic (exact) mass is 334 g/mol. The largest absolute Gasteiger partial charge is 0.322 e. The van der Waals surface area contributed by atoms with E-state index in [2.05, 4.69) is 21.0 Å². The minimum absolute atomic E-state index is 0.455. The topological polar surface area (TPSA) is 17.8 Å². The van der Waals surface area contributed by atoms with Crippen molar-refractivity contribution in [1.82, 2.24) is 9.55 Å². The molecule has 2 aliphatic rings. The highest BCUT2D eigenvalue weighted by Gasteiger charge is 2.33. The molecular weight excluding hydrogens is 307 g/mol. The zero-order chi connectivity index (χ0) is 16.4. The number of thiophene rings is 1. The standard InChI is InChI=1S/C17H21FN2S.C2H6/c1-17(18)7-4-12(5-8-17)2-3-14-16-13(6-9-21-16)15-10-19-11-20(14)15;1-2/h6,9-12,14H,2-5,7-8H2,1H3;1-2H3/t12?,14-,17?;/m1./s1. The molecule has 2 aromatic rings. The second-order valence-electron chi connectivity index (χ2n) is 6.83. The lowest BCUT2D eigenvalue weighted by atomic mass is 9.78. The second kappa shape index (κ2) is 6.76. The van der Waals surface area contributed by atoms with Crippen LogP contribution in [0.15, 0.2) is 24.0 Å². The molecule has 4 rings (SSSR count). The lowest BCUT2D eigenvalue weighted by Gasteiger charge is -2.31. The van der Waals surface area contributed by atoms with Crippen molar-refractivity contribution >= 4 is 11.3 Å². The van der Waals surface area contributed by atoms with E-state index in [-0.39, 0.29) is 0 Å². The van der Waals surface area contributed by atoms with Gasteiger partial charge < -0.3 is 4.57 Å². The first-order valence-corrected chi connectivity index (χ1v) is 9.80. The number of nitrogens with zero attached hydrogens (tertiary/aromatic N) is 2. The van der Waals surface area contributed by atoms with Crippen molar-refractivity contribution in [2.45, 2.75) is 71.0 Å². The zero-order valence-corrected chi connectivity index (χ0v) is 15.2. The van der Waals surface area contributed by atoms with Gasteiger partial charge >= 0.3 is 0 Å². The highest BCUT2D eigenvalue weighted by Crippen LogP contribution is 2.46. The van der Waals surface area contributed by atoms with Crippen molar-refractivity contribution in [3.8, 4) is 11.3 Å². The molecular formula is C19H27FN2S. The Morgan fingerprint density at radius 1 is 1.30 bits per heavy atom. The second-order valence-corrected chi connectivity index (χ2v) is 7.78. The number of imidazole rings is 1. The third-order valence-electron chi connectivity index (χ3n) is 5.27. The van der Waals surface area contributed by atoms with Crippen molar-refractivity contribution in [1.29, 1.82) is 0 Å². The summed E-state index contributed by atoms with van der Waals surface area (Å²) in [7, 11) is 0. The number of aromatic nitrogens is 2. The minimum atomic E-state index is -0.914. The van der Waals surface area contributed by atoms with Crippen LogP contribution in [0, 0.1) is 5.92 Å². The summed E-state index contributed by atoms with van der Waals surface area (Å²) in [4.78, 5) is 5.79. The summed E-state index contributed by atoms with van der Waals surface area (Å²) in [6, 6.07) is 2.67. The summed E-state index contributed by atoms with van der Waals surface area (Å²) in [6.45, 7) is 5.76. The van der Waals surface area contributed by atoms with E-state index in [0.717, 1.165) is 32.1 Å². The van der Waals surface area contributed by atoms with Gasteiger partial charge in [-0.15, -0.1) is 11.3 Å². The molecule has 0 bridgehead atoms. The highest BCUT2D eigenvalue weighted by atomic mass is 32.1. The van der Waals surface area contributed by atoms with Gasteiger partial charge in [-0.25, -0.2) is 9.37 Å². The zero-order valence-electron chi connectivity index (χ0n) is 14.4.